The van der Waals surface area contributed by atoms with E-state index >= 15 is 0 Å². The van der Waals surface area contributed by atoms with Crippen LogP contribution < -0.4 is 0 Å². The summed E-state index contributed by atoms with van der Waals surface area (Å²) < 4.78 is 26.2. The van der Waals surface area contributed by atoms with Crippen LogP contribution in [-0.4, -0.2) is 49.0 Å². The van der Waals surface area contributed by atoms with Gasteiger partial charge in [0.2, 0.25) is 0 Å². The predicted octanol–water partition coefficient (Wildman–Crippen LogP) is -0.154. The Kier molecular flexibility index (Phi) is 3.28. The lowest BCUT2D eigenvalue weighted by molar-refractivity contribution is -0.116. The highest BCUT2D eigenvalue weighted by atomic mass is 32.2. The van der Waals surface area contributed by atoms with Gasteiger partial charge >= 0.3 is 0 Å². The van der Waals surface area contributed by atoms with Crippen molar-refractivity contribution in [2.75, 3.05) is 20.1 Å². The lowest BCUT2D eigenvalue weighted by Crippen LogP contribution is -2.43. The number of ketones is 1. The summed E-state index contributed by atoms with van der Waals surface area (Å²) in [4.78, 5) is 11.0. The maximum absolute atomic E-state index is 11.8. The molecular weight excluding hydrogens is 204 g/mol. The molecule has 82 valence electrons. The van der Waals surface area contributed by atoms with E-state index < -0.39 is 10.2 Å². The number of hydrogen-bond donors (Lipinski definition) is 0. The van der Waals surface area contributed by atoms with E-state index in [2.05, 4.69) is 0 Å². The van der Waals surface area contributed by atoms with Crippen LogP contribution in [0.3, 0.4) is 0 Å². The Labute approximate surface area is 84.9 Å². The van der Waals surface area contributed by atoms with Crippen LogP contribution in [0.1, 0.15) is 20.3 Å². The molecule has 1 aliphatic rings. The van der Waals surface area contributed by atoms with Crippen molar-refractivity contribution in [1.82, 2.24) is 8.61 Å². The van der Waals surface area contributed by atoms with Gasteiger partial charge in [0.05, 0.1) is 6.54 Å². The zero-order valence-electron chi connectivity index (χ0n) is 8.73. The molecule has 1 fully saturated rings. The van der Waals surface area contributed by atoms with Crippen LogP contribution in [0.25, 0.3) is 0 Å². The lowest BCUT2D eigenvalue weighted by atomic mass is 10.4. The van der Waals surface area contributed by atoms with Crippen LogP contribution in [0.2, 0.25) is 0 Å². The van der Waals surface area contributed by atoms with Gasteiger partial charge in [-0.05, 0) is 13.8 Å². The van der Waals surface area contributed by atoms with E-state index in [1.165, 1.54) is 15.7 Å². The predicted molar refractivity (Wildman–Crippen MR) is 53.0 cm³/mol. The lowest BCUT2D eigenvalue weighted by Gasteiger charge is -2.25. The second-order valence-corrected chi connectivity index (χ2v) is 5.73. The van der Waals surface area contributed by atoms with Gasteiger partial charge in [-0.2, -0.15) is 17.0 Å². The molecule has 14 heavy (non-hydrogen) atoms. The van der Waals surface area contributed by atoms with Gasteiger partial charge in [0, 0.05) is 26.1 Å². The number of nitrogens with zero attached hydrogens (tertiary/aromatic N) is 2. The van der Waals surface area contributed by atoms with Gasteiger partial charge in [-0.3, -0.25) is 4.79 Å². The Morgan fingerprint density at radius 3 is 2.36 bits per heavy atom. The average Bonchev–Trinajstić information content (AvgIpc) is 2.50. The van der Waals surface area contributed by atoms with Gasteiger partial charge in [0.1, 0.15) is 5.78 Å². The van der Waals surface area contributed by atoms with E-state index in [1.54, 1.807) is 13.8 Å². The maximum atomic E-state index is 11.8. The summed E-state index contributed by atoms with van der Waals surface area (Å²) in [7, 11) is -1.89. The van der Waals surface area contributed by atoms with E-state index in [1.807, 2.05) is 0 Å². The largest absolute Gasteiger partial charge is 0.298 e. The third-order valence-electron chi connectivity index (χ3n) is 2.41. The molecule has 1 rings (SSSR count). The molecule has 0 unspecified atom stereocenters. The Hall–Kier alpha value is -0.460. The normalized spacial score (nSPS) is 19.9. The molecule has 0 aromatic carbocycles. The smallest absolute Gasteiger partial charge is 0.282 e. The van der Waals surface area contributed by atoms with Crippen LogP contribution in [-0.2, 0) is 15.0 Å². The van der Waals surface area contributed by atoms with Crippen molar-refractivity contribution >= 4 is 16.0 Å². The van der Waals surface area contributed by atoms with Crippen molar-refractivity contribution in [1.29, 1.82) is 0 Å². The van der Waals surface area contributed by atoms with Crippen LogP contribution in [0.4, 0.5) is 0 Å². The van der Waals surface area contributed by atoms with Gasteiger partial charge in [-0.25, -0.2) is 0 Å². The fourth-order valence-corrected chi connectivity index (χ4v) is 2.78. The molecule has 0 saturated carbocycles. The summed E-state index contributed by atoms with van der Waals surface area (Å²) in [6, 6.07) is -0.0873. The van der Waals surface area contributed by atoms with Crippen molar-refractivity contribution in [3.63, 3.8) is 0 Å². The number of hydrogen-bond acceptors (Lipinski definition) is 3. The second kappa shape index (κ2) is 3.96. The van der Waals surface area contributed by atoms with E-state index in [0.717, 1.165) is 0 Å². The molecule has 0 amide bonds. The molecule has 0 N–H and O–H groups in total. The van der Waals surface area contributed by atoms with Gasteiger partial charge in [-0.15, -0.1) is 0 Å². The topological polar surface area (TPSA) is 57.7 Å². The molecular formula is C8H16N2O3S. The van der Waals surface area contributed by atoms with E-state index in [0.29, 0.717) is 13.0 Å². The molecule has 0 aromatic rings. The zero-order valence-corrected chi connectivity index (χ0v) is 9.54. The Morgan fingerprint density at radius 1 is 1.43 bits per heavy atom. The highest BCUT2D eigenvalue weighted by Crippen LogP contribution is 2.14. The highest BCUT2D eigenvalue weighted by molar-refractivity contribution is 7.86. The Balaban J connectivity index is 2.80. The minimum Gasteiger partial charge on any atom is -0.298 e. The summed E-state index contributed by atoms with van der Waals surface area (Å²) in [5, 5.41) is 0. The fraction of sp³-hybridized carbons (Fsp3) is 0.875. The molecule has 0 aromatic heterocycles. The number of rotatable bonds is 3. The van der Waals surface area contributed by atoms with Crippen molar-refractivity contribution < 1.29 is 13.2 Å². The molecule has 0 atom stereocenters. The van der Waals surface area contributed by atoms with Crippen LogP contribution in [0, 0.1) is 0 Å². The summed E-state index contributed by atoms with van der Waals surface area (Å²) >= 11 is 0. The van der Waals surface area contributed by atoms with Crippen molar-refractivity contribution in [2.24, 2.45) is 0 Å². The van der Waals surface area contributed by atoms with Crippen molar-refractivity contribution in [3.8, 4) is 0 Å². The molecule has 0 radical (unpaired) electrons. The SMILES string of the molecule is CC(C)N(C)S(=O)(=O)N1CCC(=O)C1. The number of carbonyl (C=O) groups is 1. The first-order valence-electron chi connectivity index (χ1n) is 4.60. The standard InChI is InChI=1S/C8H16N2O3S/c1-7(2)9(3)14(12,13)10-5-4-8(11)6-10/h7H,4-6H2,1-3H3. The fourth-order valence-electron chi connectivity index (χ4n) is 1.25. The van der Waals surface area contributed by atoms with Gasteiger partial charge < -0.3 is 0 Å². The summed E-state index contributed by atoms with van der Waals surface area (Å²) in [6.07, 6.45) is 0.338. The summed E-state index contributed by atoms with van der Waals surface area (Å²) in [6.45, 7) is 3.95. The van der Waals surface area contributed by atoms with E-state index in [4.69, 9.17) is 0 Å². The molecule has 1 saturated heterocycles. The molecule has 1 aliphatic heterocycles. The Bertz CT molecular complexity index is 323. The minimum atomic E-state index is -3.43. The van der Waals surface area contributed by atoms with E-state index in [-0.39, 0.29) is 18.4 Å². The first kappa shape index (κ1) is 11.6. The van der Waals surface area contributed by atoms with Crippen LogP contribution >= 0.6 is 0 Å². The molecule has 1 heterocycles. The first-order valence-corrected chi connectivity index (χ1v) is 6.00. The van der Waals surface area contributed by atoms with Crippen molar-refractivity contribution in [2.45, 2.75) is 26.3 Å². The minimum absolute atomic E-state index is 0.00858. The summed E-state index contributed by atoms with van der Waals surface area (Å²) in [5.74, 6) is -0.00858. The molecule has 6 heteroatoms. The third-order valence-corrected chi connectivity index (χ3v) is 4.52. The van der Waals surface area contributed by atoms with Crippen LogP contribution in [0.5, 0.6) is 0 Å². The first-order chi connectivity index (χ1) is 6.35. The quantitative estimate of drug-likeness (QED) is 0.664. The molecule has 0 spiro atoms. The molecule has 5 nitrogen and oxygen atoms in total. The van der Waals surface area contributed by atoms with Gasteiger partial charge in [0.15, 0.2) is 0 Å². The molecule has 0 bridgehead atoms. The summed E-state index contributed by atoms with van der Waals surface area (Å²) in [5.41, 5.74) is 0. The second-order valence-electron chi connectivity index (χ2n) is 3.74. The zero-order chi connectivity index (χ0) is 10.9. The Morgan fingerprint density at radius 2 is 2.00 bits per heavy atom. The third kappa shape index (κ3) is 2.13. The number of Topliss-reactive ketones (excluding diaryl/α,β-unsaturated/α-hetero) is 1. The van der Waals surface area contributed by atoms with Gasteiger partial charge in [0.25, 0.3) is 10.2 Å². The van der Waals surface area contributed by atoms with Crippen LogP contribution in [0.15, 0.2) is 0 Å². The molecule has 0 aliphatic carbocycles. The van der Waals surface area contributed by atoms with E-state index in [9.17, 15) is 13.2 Å². The van der Waals surface area contributed by atoms with Crippen molar-refractivity contribution in [3.05, 3.63) is 0 Å². The van der Waals surface area contributed by atoms with Gasteiger partial charge in [-0.1, -0.05) is 0 Å². The monoisotopic (exact) mass is 220 g/mol. The highest BCUT2D eigenvalue weighted by Gasteiger charge is 2.33. The average molecular weight is 220 g/mol. The number of carbonyl (C=O) groups excluding carboxylic acids is 1. The maximum Gasteiger partial charge on any atom is 0.282 e.